The number of carbonyl (C=O) groups excluding carboxylic acids is 2. The van der Waals surface area contributed by atoms with Gasteiger partial charge in [-0.2, -0.15) is 0 Å². The van der Waals surface area contributed by atoms with E-state index in [1.165, 1.54) is 7.11 Å². The first-order chi connectivity index (χ1) is 13.7. The normalized spacial score (nSPS) is 16.6. The summed E-state index contributed by atoms with van der Waals surface area (Å²) in [5, 5.41) is 0. The lowest BCUT2D eigenvalue weighted by Crippen LogP contribution is -2.44. The van der Waals surface area contributed by atoms with E-state index in [0.29, 0.717) is 17.7 Å². The fourth-order valence-corrected chi connectivity index (χ4v) is 3.80. The van der Waals surface area contributed by atoms with Crippen LogP contribution in [-0.4, -0.2) is 50.2 Å². The third-order valence-corrected chi connectivity index (χ3v) is 5.32. The predicted octanol–water partition coefficient (Wildman–Crippen LogP) is 4.17. The first-order valence-corrected chi connectivity index (χ1v) is 9.73. The maximum Gasteiger partial charge on any atom is 0.338 e. The van der Waals surface area contributed by atoms with Crippen LogP contribution in [0.2, 0.25) is 0 Å². The van der Waals surface area contributed by atoms with Gasteiger partial charge in [0.1, 0.15) is 0 Å². The van der Waals surface area contributed by atoms with E-state index in [1.54, 1.807) is 13.2 Å². The zero-order valence-electron chi connectivity index (χ0n) is 16.5. The summed E-state index contributed by atoms with van der Waals surface area (Å²) < 4.78 is 10.1. The molecule has 1 atom stereocenters. The highest BCUT2D eigenvalue weighted by Gasteiger charge is 2.27. The third-order valence-electron chi connectivity index (χ3n) is 5.32. The fraction of sp³-hybridized carbons (Fsp3) is 0.391. The summed E-state index contributed by atoms with van der Waals surface area (Å²) >= 11 is 0. The summed E-state index contributed by atoms with van der Waals surface area (Å²) in [5.41, 5.74) is 2.86. The van der Waals surface area contributed by atoms with E-state index in [-0.39, 0.29) is 17.9 Å². The smallest absolute Gasteiger partial charge is 0.338 e. The number of benzene rings is 2. The molecule has 148 valence electrons. The van der Waals surface area contributed by atoms with Crippen molar-refractivity contribution in [2.45, 2.75) is 31.7 Å². The van der Waals surface area contributed by atoms with E-state index in [9.17, 15) is 9.59 Å². The zero-order chi connectivity index (χ0) is 19.9. The van der Waals surface area contributed by atoms with Gasteiger partial charge in [-0.05, 0) is 55.0 Å². The molecule has 1 aliphatic rings. The van der Waals surface area contributed by atoms with Gasteiger partial charge in [0.05, 0.1) is 12.7 Å². The van der Waals surface area contributed by atoms with Crippen LogP contribution in [-0.2, 0) is 9.47 Å². The Labute approximate surface area is 166 Å². The van der Waals surface area contributed by atoms with Gasteiger partial charge in [0.2, 0.25) is 0 Å². The number of hydrogen-bond acceptors (Lipinski definition) is 4. The second-order valence-corrected chi connectivity index (χ2v) is 7.04. The topological polar surface area (TPSA) is 55.8 Å². The van der Waals surface area contributed by atoms with Gasteiger partial charge in [-0.1, -0.05) is 30.3 Å². The summed E-state index contributed by atoms with van der Waals surface area (Å²) in [6.45, 7) is 1.46. The van der Waals surface area contributed by atoms with Gasteiger partial charge < -0.3 is 14.4 Å². The highest BCUT2D eigenvalue weighted by atomic mass is 16.5. The number of amides is 1. The number of esters is 1. The van der Waals surface area contributed by atoms with Crippen LogP contribution in [0, 0.1) is 0 Å². The Balaban J connectivity index is 1.81. The molecular weight excluding hydrogens is 354 g/mol. The molecule has 0 spiro atoms. The van der Waals surface area contributed by atoms with Crippen LogP contribution in [0.5, 0.6) is 0 Å². The summed E-state index contributed by atoms with van der Waals surface area (Å²) in [6, 6.07) is 15.0. The molecule has 0 unspecified atom stereocenters. The van der Waals surface area contributed by atoms with Crippen LogP contribution < -0.4 is 0 Å². The molecule has 0 saturated carbocycles. The average Bonchev–Trinajstić information content (AvgIpc) is 2.77. The lowest BCUT2D eigenvalue weighted by atomic mass is 9.96. The molecule has 2 aromatic carbocycles. The minimum absolute atomic E-state index is 0.0635. The third kappa shape index (κ3) is 4.42. The lowest BCUT2D eigenvalue weighted by Gasteiger charge is -2.36. The van der Waals surface area contributed by atoms with Gasteiger partial charge in [0.25, 0.3) is 5.91 Å². The number of likely N-dealkylation sites (tertiary alicyclic amines) is 1. The number of methoxy groups -OCH3 is 2. The van der Waals surface area contributed by atoms with Crippen molar-refractivity contribution in [2.75, 3.05) is 27.4 Å². The fourth-order valence-electron chi connectivity index (χ4n) is 3.80. The molecule has 1 fully saturated rings. The highest BCUT2D eigenvalue weighted by Crippen LogP contribution is 2.26. The maximum absolute atomic E-state index is 13.1. The number of rotatable bonds is 6. The summed E-state index contributed by atoms with van der Waals surface area (Å²) in [7, 11) is 3.07. The molecule has 1 aliphatic heterocycles. The van der Waals surface area contributed by atoms with Crippen molar-refractivity contribution >= 4 is 11.9 Å². The second kappa shape index (κ2) is 9.51. The molecule has 0 N–H and O–H groups in total. The van der Waals surface area contributed by atoms with Crippen LogP contribution >= 0.6 is 0 Å². The molecule has 5 heteroatoms. The quantitative estimate of drug-likeness (QED) is 0.705. The Kier molecular flexibility index (Phi) is 6.82. The SMILES string of the molecule is COCC[C@H]1CCCCN1C(=O)c1ccc(-c2ccccc2C(=O)OC)cc1. The first-order valence-electron chi connectivity index (χ1n) is 9.73. The van der Waals surface area contributed by atoms with Crippen molar-refractivity contribution in [3.63, 3.8) is 0 Å². The minimum Gasteiger partial charge on any atom is -0.465 e. The number of piperidine rings is 1. The summed E-state index contributed by atoms with van der Waals surface area (Å²) in [5.74, 6) is -0.307. The summed E-state index contributed by atoms with van der Waals surface area (Å²) in [4.78, 5) is 27.1. The monoisotopic (exact) mass is 381 g/mol. The van der Waals surface area contributed by atoms with Gasteiger partial charge in [-0.15, -0.1) is 0 Å². The van der Waals surface area contributed by atoms with Crippen molar-refractivity contribution in [2.24, 2.45) is 0 Å². The number of hydrogen-bond donors (Lipinski definition) is 0. The zero-order valence-corrected chi connectivity index (χ0v) is 16.5. The number of nitrogens with zero attached hydrogens (tertiary/aromatic N) is 1. The molecule has 0 aromatic heterocycles. The van der Waals surface area contributed by atoms with Crippen molar-refractivity contribution in [1.82, 2.24) is 4.90 Å². The molecule has 3 rings (SSSR count). The van der Waals surface area contributed by atoms with Gasteiger partial charge in [0, 0.05) is 31.9 Å². The van der Waals surface area contributed by atoms with E-state index in [1.807, 2.05) is 47.4 Å². The maximum atomic E-state index is 13.1. The van der Waals surface area contributed by atoms with Crippen molar-refractivity contribution in [3.8, 4) is 11.1 Å². The van der Waals surface area contributed by atoms with E-state index in [2.05, 4.69) is 0 Å². The van der Waals surface area contributed by atoms with E-state index in [4.69, 9.17) is 9.47 Å². The van der Waals surface area contributed by atoms with Gasteiger partial charge in [0.15, 0.2) is 0 Å². The van der Waals surface area contributed by atoms with Crippen molar-refractivity contribution in [3.05, 3.63) is 59.7 Å². The predicted molar refractivity (Wildman–Crippen MR) is 108 cm³/mol. The van der Waals surface area contributed by atoms with Crippen molar-refractivity contribution < 1.29 is 19.1 Å². The Morgan fingerprint density at radius 2 is 1.79 bits per heavy atom. The Morgan fingerprint density at radius 3 is 2.50 bits per heavy atom. The molecule has 1 saturated heterocycles. The van der Waals surface area contributed by atoms with Crippen LogP contribution in [0.15, 0.2) is 48.5 Å². The molecular formula is C23H27NO4. The van der Waals surface area contributed by atoms with Crippen LogP contribution in [0.1, 0.15) is 46.4 Å². The van der Waals surface area contributed by atoms with E-state index < -0.39 is 0 Å². The standard InChI is InChI=1S/C23H27NO4/c1-27-16-14-19-7-5-6-15-24(19)22(25)18-12-10-17(11-13-18)20-8-3-4-9-21(20)23(26)28-2/h3-4,8-13,19H,5-7,14-16H2,1-2H3/t19-/m1/s1. The first kappa shape index (κ1) is 20.1. The van der Waals surface area contributed by atoms with Gasteiger partial charge in [-0.25, -0.2) is 4.79 Å². The highest BCUT2D eigenvalue weighted by molar-refractivity contribution is 5.98. The molecule has 5 nitrogen and oxygen atoms in total. The molecule has 0 aliphatic carbocycles. The van der Waals surface area contributed by atoms with Gasteiger partial charge >= 0.3 is 5.97 Å². The Morgan fingerprint density at radius 1 is 1.04 bits per heavy atom. The number of ether oxygens (including phenoxy) is 2. The summed E-state index contributed by atoms with van der Waals surface area (Å²) in [6.07, 6.45) is 4.09. The molecule has 2 aromatic rings. The van der Waals surface area contributed by atoms with E-state index in [0.717, 1.165) is 43.4 Å². The van der Waals surface area contributed by atoms with Crippen LogP contribution in [0.3, 0.4) is 0 Å². The van der Waals surface area contributed by atoms with Gasteiger partial charge in [-0.3, -0.25) is 4.79 Å². The molecule has 0 radical (unpaired) electrons. The molecule has 0 bridgehead atoms. The van der Waals surface area contributed by atoms with Crippen LogP contribution in [0.4, 0.5) is 0 Å². The average molecular weight is 381 g/mol. The second-order valence-electron chi connectivity index (χ2n) is 7.04. The molecule has 1 heterocycles. The van der Waals surface area contributed by atoms with E-state index >= 15 is 0 Å². The van der Waals surface area contributed by atoms with Crippen molar-refractivity contribution in [1.29, 1.82) is 0 Å². The number of carbonyl (C=O) groups is 2. The largest absolute Gasteiger partial charge is 0.465 e. The lowest BCUT2D eigenvalue weighted by molar-refractivity contribution is 0.0551. The Bertz CT molecular complexity index is 816. The molecule has 28 heavy (non-hydrogen) atoms. The Hall–Kier alpha value is -2.66. The van der Waals surface area contributed by atoms with Crippen LogP contribution in [0.25, 0.3) is 11.1 Å². The minimum atomic E-state index is -0.370. The molecule has 1 amide bonds.